The lowest BCUT2D eigenvalue weighted by atomic mass is 10.1. The van der Waals surface area contributed by atoms with Gasteiger partial charge in [0.2, 0.25) is 10.0 Å². The number of carbonyl (C=O) groups is 2. The second-order valence-corrected chi connectivity index (χ2v) is 9.93. The number of rotatable bonds is 7. The van der Waals surface area contributed by atoms with Crippen LogP contribution in [0.3, 0.4) is 0 Å². The van der Waals surface area contributed by atoms with E-state index in [-0.39, 0.29) is 36.0 Å². The van der Waals surface area contributed by atoms with Crippen molar-refractivity contribution in [3.05, 3.63) is 29.8 Å². The van der Waals surface area contributed by atoms with E-state index in [1.807, 2.05) is 34.6 Å². The predicted octanol–water partition coefficient (Wildman–Crippen LogP) is 2.73. The molecule has 1 atom stereocenters. The van der Waals surface area contributed by atoms with Crippen LogP contribution >= 0.6 is 0 Å². The largest absolute Gasteiger partial charge is 0.454 e. The second kappa shape index (κ2) is 9.71. The van der Waals surface area contributed by atoms with Crippen molar-refractivity contribution < 1.29 is 22.7 Å². The predicted molar refractivity (Wildman–Crippen MR) is 111 cm³/mol. The second-order valence-electron chi connectivity index (χ2n) is 8.04. The van der Waals surface area contributed by atoms with Crippen LogP contribution < -0.4 is 0 Å². The highest BCUT2D eigenvalue weighted by atomic mass is 32.2. The maximum absolute atomic E-state index is 13.1. The summed E-state index contributed by atoms with van der Waals surface area (Å²) < 4.78 is 32.7. The van der Waals surface area contributed by atoms with Gasteiger partial charge < -0.3 is 9.64 Å². The Morgan fingerprint density at radius 2 is 1.69 bits per heavy atom. The molecular formula is C21H32N2O5S. The van der Waals surface area contributed by atoms with Gasteiger partial charge in [0.25, 0.3) is 5.91 Å². The Hall–Kier alpha value is -1.93. The van der Waals surface area contributed by atoms with Crippen LogP contribution in [0, 0.1) is 6.92 Å². The summed E-state index contributed by atoms with van der Waals surface area (Å²) in [6, 6.07) is 5.62. The van der Waals surface area contributed by atoms with Gasteiger partial charge in [-0.25, -0.2) is 8.42 Å². The fourth-order valence-corrected chi connectivity index (χ4v) is 5.40. The molecule has 1 amide bonds. The minimum atomic E-state index is -3.82. The molecule has 7 nitrogen and oxygen atoms in total. The third-order valence-electron chi connectivity index (χ3n) is 5.09. The molecule has 0 saturated carbocycles. The Balaban J connectivity index is 2.13. The van der Waals surface area contributed by atoms with E-state index >= 15 is 0 Å². The minimum absolute atomic E-state index is 0.0192. The Kier molecular flexibility index (Phi) is 7.82. The van der Waals surface area contributed by atoms with E-state index < -0.39 is 22.0 Å². The zero-order chi connectivity index (χ0) is 21.8. The lowest BCUT2D eigenvalue weighted by Crippen LogP contribution is -2.49. The van der Waals surface area contributed by atoms with E-state index in [2.05, 4.69) is 0 Å². The number of benzene rings is 1. The van der Waals surface area contributed by atoms with E-state index in [9.17, 15) is 18.0 Å². The molecule has 8 heteroatoms. The van der Waals surface area contributed by atoms with Gasteiger partial charge in [-0.15, -0.1) is 0 Å². The summed E-state index contributed by atoms with van der Waals surface area (Å²) in [7, 11) is -3.82. The summed E-state index contributed by atoms with van der Waals surface area (Å²) in [4.78, 5) is 27.0. The van der Waals surface area contributed by atoms with Crippen LogP contribution in [0.2, 0.25) is 0 Å². The first-order valence-electron chi connectivity index (χ1n) is 10.1. The molecule has 1 aromatic rings. The first kappa shape index (κ1) is 23.3. The Morgan fingerprint density at radius 3 is 2.24 bits per heavy atom. The third-order valence-corrected chi connectivity index (χ3v) is 7.01. The van der Waals surface area contributed by atoms with Crippen LogP contribution in [-0.2, 0) is 24.3 Å². The van der Waals surface area contributed by atoms with Crippen molar-refractivity contribution in [3.8, 4) is 0 Å². The van der Waals surface area contributed by atoms with Gasteiger partial charge in [0.1, 0.15) is 6.04 Å². The van der Waals surface area contributed by atoms with Crippen molar-refractivity contribution in [3.63, 3.8) is 0 Å². The smallest absolute Gasteiger partial charge is 0.324 e. The van der Waals surface area contributed by atoms with Crippen molar-refractivity contribution in [1.29, 1.82) is 0 Å². The van der Waals surface area contributed by atoms with Gasteiger partial charge >= 0.3 is 5.97 Å². The van der Waals surface area contributed by atoms with Gasteiger partial charge in [0.15, 0.2) is 6.61 Å². The van der Waals surface area contributed by atoms with Crippen molar-refractivity contribution in [2.45, 2.75) is 76.9 Å². The molecule has 0 bridgehead atoms. The van der Waals surface area contributed by atoms with Gasteiger partial charge in [-0.1, -0.05) is 17.7 Å². The average Bonchev–Trinajstić information content (AvgIpc) is 2.66. The molecule has 1 unspecified atom stereocenters. The number of piperidine rings is 1. The summed E-state index contributed by atoms with van der Waals surface area (Å²) in [6.07, 6.45) is 1.80. The van der Waals surface area contributed by atoms with Crippen molar-refractivity contribution in [2.24, 2.45) is 0 Å². The molecule has 2 rings (SSSR count). The summed E-state index contributed by atoms with van der Waals surface area (Å²) >= 11 is 0. The Morgan fingerprint density at radius 1 is 1.10 bits per heavy atom. The Labute approximate surface area is 174 Å². The fourth-order valence-electron chi connectivity index (χ4n) is 3.75. The monoisotopic (exact) mass is 424 g/mol. The molecule has 0 N–H and O–H groups in total. The van der Waals surface area contributed by atoms with E-state index in [4.69, 9.17) is 4.74 Å². The number of hydrogen-bond acceptors (Lipinski definition) is 5. The average molecular weight is 425 g/mol. The van der Waals surface area contributed by atoms with Crippen molar-refractivity contribution in [1.82, 2.24) is 9.21 Å². The Bertz CT molecular complexity index is 810. The van der Waals surface area contributed by atoms with Crippen molar-refractivity contribution in [2.75, 3.05) is 13.2 Å². The van der Waals surface area contributed by atoms with E-state index in [0.717, 1.165) is 12.0 Å². The first-order chi connectivity index (χ1) is 13.6. The van der Waals surface area contributed by atoms with Crippen LogP contribution in [0.1, 0.15) is 52.5 Å². The van der Waals surface area contributed by atoms with Crippen LogP contribution in [0.25, 0.3) is 0 Å². The maximum Gasteiger partial charge on any atom is 0.324 e. The van der Waals surface area contributed by atoms with Crippen LogP contribution in [0.4, 0.5) is 0 Å². The highest BCUT2D eigenvalue weighted by molar-refractivity contribution is 7.89. The number of amides is 1. The summed E-state index contributed by atoms with van der Waals surface area (Å²) in [5.41, 5.74) is 0.955. The number of hydrogen-bond donors (Lipinski definition) is 0. The molecule has 1 aliphatic heterocycles. The molecule has 1 saturated heterocycles. The fraction of sp³-hybridized carbons (Fsp3) is 0.619. The number of sulfonamides is 1. The number of esters is 1. The highest BCUT2D eigenvalue weighted by Crippen LogP contribution is 2.26. The number of carbonyl (C=O) groups excluding carboxylic acids is 2. The zero-order valence-corrected chi connectivity index (χ0v) is 18.7. The third kappa shape index (κ3) is 5.57. The summed E-state index contributed by atoms with van der Waals surface area (Å²) in [6.45, 7) is 9.35. The molecule has 162 valence electrons. The van der Waals surface area contributed by atoms with Crippen molar-refractivity contribution >= 4 is 21.9 Å². The molecule has 0 aliphatic carbocycles. The first-order valence-corrected chi connectivity index (χ1v) is 11.6. The molecule has 1 aliphatic rings. The maximum atomic E-state index is 13.1. The van der Waals surface area contributed by atoms with Gasteiger partial charge in [-0.05, 0) is 66.0 Å². The molecule has 1 heterocycles. The lowest BCUT2D eigenvalue weighted by Gasteiger charge is -2.34. The molecule has 1 fully saturated rings. The molecule has 1 aromatic carbocycles. The van der Waals surface area contributed by atoms with Crippen LogP contribution in [0.5, 0.6) is 0 Å². The van der Waals surface area contributed by atoms with E-state index in [1.165, 1.54) is 4.31 Å². The van der Waals surface area contributed by atoms with Gasteiger partial charge in [-0.2, -0.15) is 4.31 Å². The number of nitrogens with zero attached hydrogens (tertiary/aromatic N) is 2. The van der Waals surface area contributed by atoms with Crippen LogP contribution in [0.15, 0.2) is 29.2 Å². The zero-order valence-electron chi connectivity index (χ0n) is 17.9. The number of aryl methyl sites for hydroxylation is 1. The quantitative estimate of drug-likeness (QED) is 0.629. The minimum Gasteiger partial charge on any atom is -0.454 e. The SMILES string of the molecule is Cc1ccc(S(=O)(=O)N2CCCCC2C(=O)OCC(=O)N(C(C)C)C(C)C)cc1. The standard InChI is InChI=1S/C21H32N2O5S/c1-15(2)23(16(3)4)20(24)14-28-21(25)19-8-6-7-13-22(19)29(26,27)18-11-9-17(5)10-12-18/h9-12,15-16,19H,6-8,13-14H2,1-5H3. The molecule has 0 aromatic heterocycles. The van der Waals surface area contributed by atoms with Crippen LogP contribution in [-0.4, -0.2) is 60.8 Å². The molecule has 0 spiro atoms. The molecule has 29 heavy (non-hydrogen) atoms. The molecule has 0 radical (unpaired) electrons. The molecular weight excluding hydrogens is 392 g/mol. The van der Waals surface area contributed by atoms with E-state index in [1.54, 1.807) is 29.2 Å². The topological polar surface area (TPSA) is 84.0 Å². The summed E-state index contributed by atoms with van der Waals surface area (Å²) in [5.74, 6) is -0.951. The van der Waals surface area contributed by atoms with Gasteiger partial charge in [-0.3, -0.25) is 9.59 Å². The summed E-state index contributed by atoms with van der Waals surface area (Å²) in [5, 5.41) is 0. The number of ether oxygens (including phenoxy) is 1. The highest BCUT2D eigenvalue weighted by Gasteiger charge is 2.39. The normalized spacial score (nSPS) is 18.1. The van der Waals surface area contributed by atoms with E-state index in [0.29, 0.717) is 12.8 Å². The van der Waals surface area contributed by atoms with Gasteiger partial charge in [0.05, 0.1) is 4.90 Å². The lowest BCUT2D eigenvalue weighted by molar-refractivity contribution is -0.157. The van der Waals surface area contributed by atoms with Gasteiger partial charge in [0, 0.05) is 18.6 Å².